The fourth-order valence-electron chi connectivity index (χ4n) is 1.91. The fourth-order valence-corrected chi connectivity index (χ4v) is 3.51. The molecule has 2 rings (SSSR count). The van der Waals surface area contributed by atoms with Crippen molar-refractivity contribution in [2.75, 3.05) is 13.1 Å². The number of benzene rings is 1. The van der Waals surface area contributed by atoms with Crippen molar-refractivity contribution in [3.05, 3.63) is 29.8 Å². The second-order valence-corrected chi connectivity index (χ2v) is 6.00. The molecule has 4 nitrogen and oxygen atoms in total. The molecule has 0 bridgehead atoms. The molecule has 16 heavy (non-hydrogen) atoms. The van der Waals surface area contributed by atoms with Gasteiger partial charge in [-0.1, -0.05) is 12.1 Å². The van der Waals surface area contributed by atoms with Crippen molar-refractivity contribution >= 4 is 10.0 Å². The van der Waals surface area contributed by atoms with Crippen LogP contribution in [-0.4, -0.2) is 30.9 Å². The maximum atomic E-state index is 12.0. The number of sulfonamides is 1. The van der Waals surface area contributed by atoms with Gasteiger partial charge in [0, 0.05) is 13.1 Å². The Bertz CT molecular complexity index is 464. The van der Waals surface area contributed by atoms with E-state index >= 15 is 0 Å². The van der Waals surface area contributed by atoms with Gasteiger partial charge in [-0.05, 0) is 30.5 Å². The number of phenolic OH excluding ortho intramolecular Hbond substituents is 1. The summed E-state index contributed by atoms with van der Waals surface area (Å²) in [5.41, 5.74) is 0.631. The van der Waals surface area contributed by atoms with Crippen molar-refractivity contribution < 1.29 is 13.5 Å². The normalized spacial score (nSPS) is 17.8. The third kappa shape index (κ3) is 2.54. The molecule has 1 N–H and O–H groups in total. The molecule has 1 fully saturated rings. The summed E-state index contributed by atoms with van der Waals surface area (Å²) < 4.78 is 25.4. The van der Waals surface area contributed by atoms with Gasteiger partial charge in [0.15, 0.2) is 0 Å². The smallest absolute Gasteiger partial charge is 0.218 e. The summed E-state index contributed by atoms with van der Waals surface area (Å²) in [6.45, 7) is 1.25. The topological polar surface area (TPSA) is 57.6 Å². The molecule has 1 aliphatic rings. The molecule has 0 aromatic heterocycles. The van der Waals surface area contributed by atoms with Crippen LogP contribution in [0.25, 0.3) is 0 Å². The lowest BCUT2D eigenvalue weighted by molar-refractivity contribution is 0.472. The van der Waals surface area contributed by atoms with Crippen molar-refractivity contribution in [2.45, 2.75) is 18.6 Å². The second kappa shape index (κ2) is 4.43. The summed E-state index contributed by atoms with van der Waals surface area (Å²) >= 11 is 0. The third-order valence-corrected chi connectivity index (χ3v) is 4.57. The van der Waals surface area contributed by atoms with E-state index < -0.39 is 10.0 Å². The van der Waals surface area contributed by atoms with E-state index in [2.05, 4.69) is 0 Å². The van der Waals surface area contributed by atoms with Crippen LogP contribution in [-0.2, 0) is 15.8 Å². The molecule has 0 unspecified atom stereocenters. The molecule has 0 aliphatic carbocycles. The molecule has 88 valence electrons. The fraction of sp³-hybridized carbons (Fsp3) is 0.455. The molecule has 5 heteroatoms. The van der Waals surface area contributed by atoms with Crippen molar-refractivity contribution in [3.8, 4) is 5.75 Å². The molecular formula is C11H15NO3S. The molecule has 0 saturated carbocycles. The molecule has 0 spiro atoms. The van der Waals surface area contributed by atoms with E-state index in [1.165, 1.54) is 16.4 Å². The van der Waals surface area contributed by atoms with Gasteiger partial charge in [-0.2, -0.15) is 0 Å². The molecule has 1 heterocycles. The van der Waals surface area contributed by atoms with Crippen LogP contribution in [0.5, 0.6) is 5.75 Å². The monoisotopic (exact) mass is 241 g/mol. The van der Waals surface area contributed by atoms with Crippen LogP contribution in [0.15, 0.2) is 24.3 Å². The minimum absolute atomic E-state index is 0.0264. The highest BCUT2D eigenvalue weighted by atomic mass is 32.2. The number of rotatable bonds is 3. The van der Waals surface area contributed by atoms with E-state index in [4.69, 9.17) is 0 Å². The summed E-state index contributed by atoms with van der Waals surface area (Å²) in [5, 5.41) is 9.27. The van der Waals surface area contributed by atoms with E-state index in [9.17, 15) is 13.5 Å². The Morgan fingerprint density at radius 2 is 1.94 bits per heavy atom. The SMILES string of the molecule is O=S(=O)(Cc1cccc(O)c1)N1CCCC1. The van der Waals surface area contributed by atoms with Gasteiger partial charge in [-0.15, -0.1) is 0 Å². The Labute approximate surface area is 95.6 Å². The van der Waals surface area contributed by atoms with E-state index in [1.54, 1.807) is 12.1 Å². The number of aromatic hydroxyl groups is 1. The van der Waals surface area contributed by atoms with Gasteiger partial charge in [-0.25, -0.2) is 12.7 Å². The Kier molecular flexibility index (Phi) is 3.16. The van der Waals surface area contributed by atoms with Crippen LogP contribution in [0.2, 0.25) is 0 Å². The average molecular weight is 241 g/mol. The molecular weight excluding hydrogens is 226 g/mol. The van der Waals surface area contributed by atoms with Crippen LogP contribution in [0.4, 0.5) is 0 Å². The maximum absolute atomic E-state index is 12.0. The van der Waals surface area contributed by atoms with E-state index in [-0.39, 0.29) is 11.5 Å². The number of phenols is 1. The van der Waals surface area contributed by atoms with Gasteiger partial charge in [-0.3, -0.25) is 0 Å². The second-order valence-electron chi connectivity index (χ2n) is 4.03. The van der Waals surface area contributed by atoms with Crippen LogP contribution in [0.1, 0.15) is 18.4 Å². The Hall–Kier alpha value is -1.07. The Morgan fingerprint density at radius 3 is 2.56 bits per heavy atom. The summed E-state index contributed by atoms with van der Waals surface area (Å²) in [7, 11) is -3.21. The lowest BCUT2D eigenvalue weighted by Crippen LogP contribution is -2.29. The molecule has 1 aliphatic heterocycles. The molecule has 0 amide bonds. The van der Waals surface area contributed by atoms with Gasteiger partial charge in [0.25, 0.3) is 0 Å². The van der Waals surface area contributed by atoms with Gasteiger partial charge < -0.3 is 5.11 Å². The summed E-state index contributed by atoms with van der Waals surface area (Å²) in [6, 6.07) is 6.40. The summed E-state index contributed by atoms with van der Waals surface area (Å²) in [4.78, 5) is 0. The minimum Gasteiger partial charge on any atom is -0.508 e. The predicted molar refractivity (Wildman–Crippen MR) is 61.5 cm³/mol. The first-order valence-corrected chi connectivity index (χ1v) is 6.94. The van der Waals surface area contributed by atoms with Crippen molar-refractivity contribution in [2.24, 2.45) is 0 Å². The lowest BCUT2D eigenvalue weighted by atomic mass is 10.2. The molecule has 1 saturated heterocycles. The van der Waals surface area contributed by atoms with Crippen LogP contribution >= 0.6 is 0 Å². The van der Waals surface area contributed by atoms with Gasteiger partial charge >= 0.3 is 0 Å². The quantitative estimate of drug-likeness (QED) is 0.868. The highest BCUT2D eigenvalue weighted by Crippen LogP contribution is 2.19. The zero-order valence-electron chi connectivity index (χ0n) is 8.96. The minimum atomic E-state index is -3.21. The Balaban J connectivity index is 2.14. The molecule has 0 radical (unpaired) electrons. The first kappa shape index (κ1) is 11.4. The number of hydrogen-bond acceptors (Lipinski definition) is 3. The molecule has 1 aromatic rings. The zero-order valence-corrected chi connectivity index (χ0v) is 9.78. The van der Waals surface area contributed by atoms with Crippen molar-refractivity contribution in [1.29, 1.82) is 0 Å². The highest BCUT2D eigenvalue weighted by Gasteiger charge is 2.25. The number of nitrogens with zero attached hydrogens (tertiary/aromatic N) is 1. The number of hydrogen-bond donors (Lipinski definition) is 1. The van der Waals surface area contributed by atoms with Gasteiger partial charge in [0.05, 0.1) is 5.75 Å². The lowest BCUT2D eigenvalue weighted by Gasteiger charge is -2.15. The highest BCUT2D eigenvalue weighted by molar-refractivity contribution is 7.88. The average Bonchev–Trinajstić information content (AvgIpc) is 2.69. The zero-order chi connectivity index (χ0) is 11.6. The van der Waals surface area contributed by atoms with E-state index in [0.29, 0.717) is 18.7 Å². The third-order valence-electron chi connectivity index (χ3n) is 2.72. The Morgan fingerprint density at radius 1 is 1.25 bits per heavy atom. The van der Waals surface area contributed by atoms with Gasteiger partial charge in [0.1, 0.15) is 5.75 Å². The standard InChI is InChI=1S/C11H15NO3S/c13-11-5-3-4-10(8-11)9-16(14,15)12-6-1-2-7-12/h3-5,8,13H,1-2,6-7,9H2. The van der Waals surface area contributed by atoms with Gasteiger partial charge in [0.2, 0.25) is 10.0 Å². The summed E-state index contributed by atoms with van der Waals surface area (Å²) in [5.74, 6) is 0.0793. The van der Waals surface area contributed by atoms with Crippen LogP contribution in [0.3, 0.4) is 0 Å². The van der Waals surface area contributed by atoms with Crippen molar-refractivity contribution in [1.82, 2.24) is 4.31 Å². The molecule has 1 aromatic carbocycles. The first-order valence-electron chi connectivity index (χ1n) is 5.34. The predicted octanol–water partition coefficient (Wildman–Crippen LogP) is 1.32. The first-order chi connectivity index (χ1) is 7.58. The van der Waals surface area contributed by atoms with Crippen LogP contribution in [0, 0.1) is 0 Å². The van der Waals surface area contributed by atoms with Crippen molar-refractivity contribution in [3.63, 3.8) is 0 Å². The maximum Gasteiger partial charge on any atom is 0.218 e. The largest absolute Gasteiger partial charge is 0.508 e. The summed E-state index contributed by atoms with van der Waals surface area (Å²) in [6.07, 6.45) is 1.89. The van der Waals surface area contributed by atoms with E-state index in [0.717, 1.165) is 12.8 Å². The van der Waals surface area contributed by atoms with E-state index in [1.807, 2.05) is 0 Å². The molecule has 0 atom stereocenters. The van der Waals surface area contributed by atoms with Crippen LogP contribution < -0.4 is 0 Å².